The number of benzene rings is 2. The summed E-state index contributed by atoms with van der Waals surface area (Å²) in [5, 5.41) is 9.40. The Kier molecular flexibility index (Phi) is 3.61. The Morgan fingerprint density at radius 1 is 1.11 bits per heavy atom. The van der Waals surface area contributed by atoms with Gasteiger partial charge in [0.05, 0.1) is 16.5 Å². The zero-order valence-corrected chi connectivity index (χ0v) is 11.7. The van der Waals surface area contributed by atoms with Gasteiger partial charge in [-0.2, -0.15) is 5.26 Å². The second-order valence-electron chi connectivity index (χ2n) is 4.10. The highest BCUT2D eigenvalue weighted by Crippen LogP contribution is 2.29. The van der Waals surface area contributed by atoms with Crippen molar-refractivity contribution >= 4 is 21.4 Å². The second kappa shape index (κ2) is 5.04. The van der Waals surface area contributed by atoms with Crippen molar-refractivity contribution in [1.29, 1.82) is 5.26 Å². The smallest absolute Gasteiger partial charge is 0.175 e. The standard InChI is InChI=1S/C14H10ClNO2S/c1-19(17,18)12-5-3-11(4-6-12)13-8-10(9-16)2-7-14(13)15/h2-8H,1H3. The summed E-state index contributed by atoms with van der Waals surface area (Å²) < 4.78 is 22.8. The molecule has 0 N–H and O–H groups in total. The van der Waals surface area contributed by atoms with Crippen molar-refractivity contribution in [1.82, 2.24) is 0 Å². The third kappa shape index (κ3) is 2.95. The van der Waals surface area contributed by atoms with E-state index in [0.29, 0.717) is 16.1 Å². The average molecular weight is 292 g/mol. The Balaban J connectivity index is 2.52. The van der Waals surface area contributed by atoms with Gasteiger partial charge in [0.2, 0.25) is 0 Å². The second-order valence-corrected chi connectivity index (χ2v) is 6.53. The van der Waals surface area contributed by atoms with Crippen LogP contribution in [0.5, 0.6) is 0 Å². The van der Waals surface area contributed by atoms with Crippen LogP contribution >= 0.6 is 11.6 Å². The van der Waals surface area contributed by atoms with E-state index in [9.17, 15) is 8.42 Å². The predicted octanol–water partition coefficient (Wildman–Crippen LogP) is 3.28. The molecule has 0 unspecified atom stereocenters. The summed E-state index contributed by atoms with van der Waals surface area (Å²) in [6.07, 6.45) is 1.16. The van der Waals surface area contributed by atoms with Gasteiger partial charge in [-0.1, -0.05) is 23.7 Å². The molecule has 0 aromatic heterocycles. The number of halogens is 1. The van der Waals surface area contributed by atoms with Crippen molar-refractivity contribution < 1.29 is 8.42 Å². The largest absolute Gasteiger partial charge is 0.224 e. The van der Waals surface area contributed by atoms with Gasteiger partial charge in [0.25, 0.3) is 0 Å². The Morgan fingerprint density at radius 2 is 1.74 bits per heavy atom. The van der Waals surface area contributed by atoms with Crippen molar-refractivity contribution in [2.75, 3.05) is 6.26 Å². The summed E-state index contributed by atoms with van der Waals surface area (Å²) in [5.74, 6) is 0. The molecule has 3 nitrogen and oxygen atoms in total. The normalized spacial score (nSPS) is 11.0. The molecule has 0 aliphatic rings. The van der Waals surface area contributed by atoms with E-state index in [4.69, 9.17) is 16.9 Å². The lowest BCUT2D eigenvalue weighted by atomic mass is 10.0. The first-order chi connectivity index (χ1) is 8.91. The maximum Gasteiger partial charge on any atom is 0.175 e. The SMILES string of the molecule is CS(=O)(=O)c1ccc(-c2cc(C#N)ccc2Cl)cc1. The van der Waals surface area contributed by atoms with Crippen LogP contribution in [0, 0.1) is 11.3 Å². The number of hydrogen-bond acceptors (Lipinski definition) is 3. The molecular weight excluding hydrogens is 282 g/mol. The van der Waals surface area contributed by atoms with Crippen LogP contribution in [0.25, 0.3) is 11.1 Å². The van der Waals surface area contributed by atoms with Crippen LogP contribution in [-0.4, -0.2) is 14.7 Å². The third-order valence-electron chi connectivity index (χ3n) is 2.69. The summed E-state index contributed by atoms with van der Waals surface area (Å²) in [5.41, 5.74) is 1.99. The molecule has 2 aromatic carbocycles. The quantitative estimate of drug-likeness (QED) is 0.853. The highest BCUT2D eigenvalue weighted by Gasteiger charge is 2.09. The van der Waals surface area contributed by atoms with E-state index >= 15 is 0 Å². The first-order valence-electron chi connectivity index (χ1n) is 5.42. The van der Waals surface area contributed by atoms with Gasteiger partial charge in [0.15, 0.2) is 9.84 Å². The molecule has 0 radical (unpaired) electrons. The molecule has 0 aliphatic heterocycles. The van der Waals surface area contributed by atoms with E-state index in [1.807, 2.05) is 6.07 Å². The van der Waals surface area contributed by atoms with Gasteiger partial charge in [-0.05, 0) is 35.9 Å². The van der Waals surface area contributed by atoms with Gasteiger partial charge in [-0.25, -0.2) is 8.42 Å². The average Bonchev–Trinajstić information content (AvgIpc) is 2.38. The number of hydrogen-bond donors (Lipinski definition) is 0. The Bertz CT molecular complexity index is 759. The monoisotopic (exact) mass is 291 g/mol. The fourth-order valence-electron chi connectivity index (χ4n) is 1.70. The van der Waals surface area contributed by atoms with E-state index in [-0.39, 0.29) is 4.90 Å². The van der Waals surface area contributed by atoms with E-state index in [1.54, 1.807) is 30.3 Å². The maximum absolute atomic E-state index is 11.4. The van der Waals surface area contributed by atoms with Gasteiger partial charge in [0.1, 0.15) is 0 Å². The van der Waals surface area contributed by atoms with Crippen LogP contribution in [0.15, 0.2) is 47.4 Å². The van der Waals surface area contributed by atoms with Gasteiger partial charge in [0, 0.05) is 16.8 Å². The van der Waals surface area contributed by atoms with Crippen LogP contribution in [-0.2, 0) is 9.84 Å². The zero-order valence-electron chi connectivity index (χ0n) is 10.1. The molecule has 2 rings (SSSR count). The predicted molar refractivity (Wildman–Crippen MR) is 74.7 cm³/mol. The van der Waals surface area contributed by atoms with Crippen LogP contribution in [0.1, 0.15) is 5.56 Å². The first kappa shape index (κ1) is 13.6. The van der Waals surface area contributed by atoms with Crippen molar-refractivity contribution in [3.05, 3.63) is 53.1 Å². The Labute approximate surface area is 117 Å². The minimum Gasteiger partial charge on any atom is -0.224 e. The summed E-state index contributed by atoms with van der Waals surface area (Å²) in [4.78, 5) is 0.254. The van der Waals surface area contributed by atoms with Crippen molar-refractivity contribution in [3.63, 3.8) is 0 Å². The van der Waals surface area contributed by atoms with Crippen LogP contribution in [0.2, 0.25) is 5.02 Å². The number of rotatable bonds is 2. The van der Waals surface area contributed by atoms with Crippen molar-refractivity contribution in [2.24, 2.45) is 0 Å². The first-order valence-corrected chi connectivity index (χ1v) is 7.69. The number of sulfone groups is 1. The molecule has 0 saturated carbocycles. The summed E-state index contributed by atoms with van der Waals surface area (Å²) in [6, 6.07) is 13.4. The van der Waals surface area contributed by atoms with Gasteiger partial charge in [-0.15, -0.1) is 0 Å². The molecule has 19 heavy (non-hydrogen) atoms. The van der Waals surface area contributed by atoms with E-state index in [0.717, 1.165) is 11.8 Å². The van der Waals surface area contributed by atoms with E-state index < -0.39 is 9.84 Å². The molecular formula is C14H10ClNO2S. The summed E-state index contributed by atoms with van der Waals surface area (Å²) in [7, 11) is -3.21. The molecule has 0 heterocycles. The molecule has 0 fully saturated rings. The van der Waals surface area contributed by atoms with Crippen LogP contribution < -0.4 is 0 Å². The minimum absolute atomic E-state index is 0.254. The Hall–Kier alpha value is -1.83. The lowest BCUT2D eigenvalue weighted by Gasteiger charge is -2.06. The molecule has 5 heteroatoms. The minimum atomic E-state index is -3.21. The molecule has 96 valence electrons. The molecule has 0 spiro atoms. The highest BCUT2D eigenvalue weighted by molar-refractivity contribution is 7.90. The van der Waals surface area contributed by atoms with Gasteiger partial charge < -0.3 is 0 Å². The molecule has 0 aliphatic carbocycles. The summed E-state index contributed by atoms with van der Waals surface area (Å²) >= 11 is 6.09. The van der Waals surface area contributed by atoms with Crippen LogP contribution in [0.3, 0.4) is 0 Å². The van der Waals surface area contributed by atoms with Crippen molar-refractivity contribution in [2.45, 2.75) is 4.90 Å². The lowest BCUT2D eigenvalue weighted by Crippen LogP contribution is -1.96. The topological polar surface area (TPSA) is 57.9 Å². The highest BCUT2D eigenvalue weighted by atomic mass is 35.5. The van der Waals surface area contributed by atoms with Gasteiger partial charge >= 0.3 is 0 Å². The fraction of sp³-hybridized carbons (Fsp3) is 0.0714. The fourth-order valence-corrected chi connectivity index (χ4v) is 2.55. The van der Waals surface area contributed by atoms with Crippen LogP contribution in [0.4, 0.5) is 0 Å². The molecule has 0 bridgehead atoms. The third-order valence-corrected chi connectivity index (χ3v) is 4.15. The van der Waals surface area contributed by atoms with Crippen molar-refractivity contribution in [3.8, 4) is 17.2 Å². The lowest BCUT2D eigenvalue weighted by molar-refractivity contribution is 0.602. The zero-order chi connectivity index (χ0) is 14.0. The molecule has 0 atom stereocenters. The molecule has 2 aromatic rings. The molecule has 0 amide bonds. The Morgan fingerprint density at radius 3 is 2.26 bits per heavy atom. The van der Waals surface area contributed by atoms with E-state index in [1.165, 1.54) is 12.1 Å². The number of nitrogens with zero attached hydrogens (tertiary/aromatic N) is 1. The van der Waals surface area contributed by atoms with E-state index in [2.05, 4.69) is 0 Å². The van der Waals surface area contributed by atoms with Gasteiger partial charge in [-0.3, -0.25) is 0 Å². The maximum atomic E-state index is 11.4. The number of nitriles is 1. The molecule has 0 saturated heterocycles. The summed E-state index contributed by atoms with van der Waals surface area (Å²) in [6.45, 7) is 0.